The van der Waals surface area contributed by atoms with Gasteiger partial charge >= 0.3 is 6.09 Å². The molecule has 9 nitrogen and oxygen atoms in total. The molecule has 3 N–H and O–H groups in total. The van der Waals surface area contributed by atoms with Crippen LogP contribution in [0.4, 0.5) is 10.6 Å². The van der Waals surface area contributed by atoms with Crippen LogP contribution in [0.2, 0.25) is 0 Å². The summed E-state index contributed by atoms with van der Waals surface area (Å²) >= 11 is 3.41. The lowest BCUT2D eigenvalue weighted by molar-refractivity contribution is 0.0600. The number of ether oxygens (including phenoxy) is 2. The Balaban J connectivity index is 0.000000258. The monoisotopic (exact) mass is 468 g/mol. The average molecular weight is 469 g/mol. The molecule has 29 heavy (non-hydrogen) atoms. The van der Waals surface area contributed by atoms with Crippen molar-refractivity contribution in [2.45, 2.75) is 52.6 Å². The highest BCUT2D eigenvalue weighted by molar-refractivity contribution is 9.10. The van der Waals surface area contributed by atoms with Crippen molar-refractivity contribution >= 4 is 39.0 Å². The van der Waals surface area contributed by atoms with Gasteiger partial charge in [0.15, 0.2) is 5.82 Å². The van der Waals surface area contributed by atoms with Crippen molar-refractivity contribution in [3.63, 3.8) is 0 Å². The standard InChI is InChI=1S/C14H18BrN5O.C5H11NO2/c1-9-13(17-12-10(16-9)11(15)18-19-12)20-5-2-14(3-6-20)4-7-21-8-14;1-5(2,3)8-4(6)7/h2-8H2,1H3,(H,17,18,19);1-3H3,(H2,6,7). The van der Waals surface area contributed by atoms with Crippen molar-refractivity contribution in [1.82, 2.24) is 20.2 Å². The van der Waals surface area contributed by atoms with Crippen LogP contribution < -0.4 is 10.6 Å². The number of aromatic amines is 1. The number of carbonyl (C=O) groups is 1. The summed E-state index contributed by atoms with van der Waals surface area (Å²) in [6.07, 6.45) is 2.83. The minimum Gasteiger partial charge on any atom is -0.444 e. The van der Waals surface area contributed by atoms with E-state index in [0.717, 1.165) is 47.9 Å². The lowest BCUT2D eigenvalue weighted by atomic mass is 9.78. The molecular formula is C19H29BrN6O3. The number of anilines is 1. The first-order chi connectivity index (χ1) is 13.6. The molecule has 2 aromatic rings. The van der Waals surface area contributed by atoms with Gasteiger partial charge in [0.2, 0.25) is 5.65 Å². The van der Waals surface area contributed by atoms with E-state index in [0.29, 0.717) is 11.1 Å². The van der Waals surface area contributed by atoms with Gasteiger partial charge in [-0.05, 0) is 68.3 Å². The van der Waals surface area contributed by atoms with E-state index < -0.39 is 11.7 Å². The summed E-state index contributed by atoms with van der Waals surface area (Å²) in [5.74, 6) is 0.968. The Morgan fingerprint density at radius 2 is 1.97 bits per heavy atom. The molecule has 2 aliphatic rings. The number of piperidine rings is 1. The van der Waals surface area contributed by atoms with E-state index in [1.165, 1.54) is 19.3 Å². The number of rotatable bonds is 1. The molecule has 2 aliphatic heterocycles. The third-order valence-electron chi connectivity index (χ3n) is 5.21. The molecule has 10 heteroatoms. The molecule has 2 saturated heterocycles. The molecule has 1 amide bonds. The highest BCUT2D eigenvalue weighted by Gasteiger charge is 2.38. The molecule has 1 spiro atoms. The predicted octanol–water partition coefficient (Wildman–Crippen LogP) is 3.31. The van der Waals surface area contributed by atoms with E-state index in [1.54, 1.807) is 20.8 Å². The van der Waals surface area contributed by atoms with Crippen LogP contribution in [0.5, 0.6) is 0 Å². The number of halogens is 1. The van der Waals surface area contributed by atoms with Gasteiger partial charge in [-0.15, -0.1) is 0 Å². The fraction of sp³-hybridized carbons (Fsp3) is 0.684. The van der Waals surface area contributed by atoms with E-state index in [2.05, 4.69) is 40.7 Å². The Labute approximate surface area is 178 Å². The number of hydrogen-bond acceptors (Lipinski definition) is 7. The summed E-state index contributed by atoms with van der Waals surface area (Å²) in [7, 11) is 0. The smallest absolute Gasteiger partial charge is 0.405 e. The van der Waals surface area contributed by atoms with Gasteiger partial charge in [0.05, 0.1) is 12.3 Å². The van der Waals surface area contributed by atoms with Crippen LogP contribution in [0, 0.1) is 12.3 Å². The summed E-state index contributed by atoms with van der Waals surface area (Å²) in [6.45, 7) is 11.2. The minimum atomic E-state index is -0.725. The van der Waals surface area contributed by atoms with E-state index in [-0.39, 0.29) is 0 Å². The lowest BCUT2D eigenvalue weighted by Gasteiger charge is -2.39. The van der Waals surface area contributed by atoms with Crippen molar-refractivity contribution in [3.05, 3.63) is 10.3 Å². The Hall–Kier alpha value is -1.94. The lowest BCUT2D eigenvalue weighted by Crippen LogP contribution is -2.41. The zero-order valence-electron chi connectivity index (χ0n) is 17.4. The van der Waals surface area contributed by atoms with Gasteiger partial charge < -0.3 is 20.1 Å². The van der Waals surface area contributed by atoms with E-state index in [4.69, 9.17) is 15.5 Å². The predicted molar refractivity (Wildman–Crippen MR) is 114 cm³/mol. The number of nitrogens with two attached hydrogens (primary N) is 1. The fourth-order valence-corrected chi connectivity index (χ4v) is 4.07. The van der Waals surface area contributed by atoms with Crippen LogP contribution in [0.15, 0.2) is 4.60 Å². The summed E-state index contributed by atoms with van der Waals surface area (Å²) < 4.78 is 11.0. The van der Waals surface area contributed by atoms with Gasteiger partial charge in [0, 0.05) is 19.7 Å². The fourth-order valence-electron chi connectivity index (χ4n) is 3.72. The normalized spacial score (nSPS) is 18.6. The molecule has 0 radical (unpaired) electrons. The molecule has 2 aromatic heterocycles. The van der Waals surface area contributed by atoms with Gasteiger partial charge in [-0.3, -0.25) is 5.10 Å². The third-order valence-corrected chi connectivity index (χ3v) is 5.76. The minimum absolute atomic E-state index is 0.414. The van der Waals surface area contributed by atoms with Gasteiger partial charge in [-0.25, -0.2) is 14.8 Å². The maximum atomic E-state index is 10.0. The largest absolute Gasteiger partial charge is 0.444 e. The molecule has 0 aromatic carbocycles. The Morgan fingerprint density at radius 3 is 2.48 bits per heavy atom. The van der Waals surface area contributed by atoms with Crippen LogP contribution in [0.3, 0.4) is 0 Å². The molecule has 4 heterocycles. The number of amides is 1. The zero-order valence-corrected chi connectivity index (χ0v) is 19.0. The molecule has 0 aliphatic carbocycles. The molecule has 4 rings (SSSR count). The number of hydrogen-bond donors (Lipinski definition) is 2. The summed E-state index contributed by atoms with van der Waals surface area (Å²) in [5, 5.41) is 7.07. The van der Waals surface area contributed by atoms with Crippen LogP contribution in [-0.2, 0) is 9.47 Å². The van der Waals surface area contributed by atoms with Gasteiger partial charge in [-0.1, -0.05) is 0 Å². The van der Waals surface area contributed by atoms with E-state index in [9.17, 15) is 4.79 Å². The summed E-state index contributed by atoms with van der Waals surface area (Å²) in [6, 6.07) is 0. The van der Waals surface area contributed by atoms with Crippen LogP contribution >= 0.6 is 15.9 Å². The number of nitrogens with one attached hydrogen (secondary N) is 1. The summed E-state index contributed by atoms with van der Waals surface area (Å²) in [5.41, 5.74) is 7.11. The highest BCUT2D eigenvalue weighted by atomic mass is 79.9. The molecule has 2 fully saturated rings. The van der Waals surface area contributed by atoms with Crippen molar-refractivity contribution < 1.29 is 14.3 Å². The van der Waals surface area contributed by atoms with E-state index in [1.807, 2.05) is 6.92 Å². The topological polar surface area (TPSA) is 119 Å². The van der Waals surface area contributed by atoms with Crippen LogP contribution in [0.25, 0.3) is 11.2 Å². The quantitative estimate of drug-likeness (QED) is 0.658. The Kier molecular flexibility index (Phi) is 6.33. The first-order valence-corrected chi connectivity index (χ1v) is 10.6. The maximum Gasteiger partial charge on any atom is 0.405 e. The first kappa shape index (κ1) is 21.8. The zero-order chi connectivity index (χ0) is 21.2. The number of primary amides is 1. The Morgan fingerprint density at radius 1 is 1.28 bits per heavy atom. The van der Waals surface area contributed by atoms with Crippen molar-refractivity contribution in [2.24, 2.45) is 11.1 Å². The first-order valence-electron chi connectivity index (χ1n) is 9.78. The SMILES string of the molecule is CC(C)(C)OC(N)=O.Cc1nc2c(Br)[nH]nc2nc1N1CCC2(CCOC2)CC1. The molecule has 0 unspecified atom stereocenters. The van der Waals surface area contributed by atoms with Crippen molar-refractivity contribution in [1.29, 1.82) is 0 Å². The Bertz CT molecular complexity index is 863. The number of H-pyrrole nitrogens is 1. The van der Waals surface area contributed by atoms with Gasteiger partial charge in [0.1, 0.15) is 15.7 Å². The number of carbonyl (C=O) groups excluding carboxylic acids is 1. The molecule has 0 atom stereocenters. The summed E-state index contributed by atoms with van der Waals surface area (Å²) in [4.78, 5) is 21.7. The second-order valence-electron chi connectivity index (χ2n) is 8.67. The van der Waals surface area contributed by atoms with Crippen molar-refractivity contribution in [3.8, 4) is 0 Å². The third kappa shape index (κ3) is 5.36. The number of aromatic nitrogens is 4. The molecule has 0 bridgehead atoms. The molecular weight excluding hydrogens is 440 g/mol. The second-order valence-corrected chi connectivity index (χ2v) is 9.46. The maximum absolute atomic E-state index is 10.0. The highest BCUT2D eigenvalue weighted by Crippen LogP contribution is 2.40. The van der Waals surface area contributed by atoms with Crippen molar-refractivity contribution in [2.75, 3.05) is 31.2 Å². The number of aryl methyl sites for hydroxylation is 1. The second kappa shape index (κ2) is 8.43. The number of nitrogens with zero attached hydrogens (tertiary/aromatic N) is 4. The van der Waals surface area contributed by atoms with Gasteiger partial charge in [-0.2, -0.15) is 5.10 Å². The van der Waals surface area contributed by atoms with Gasteiger partial charge in [0.25, 0.3) is 0 Å². The molecule has 0 saturated carbocycles. The average Bonchev–Trinajstić information content (AvgIpc) is 3.21. The molecule has 160 valence electrons. The van der Waals surface area contributed by atoms with Crippen LogP contribution in [-0.4, -0.2) is 58.2 Å². The van der Waals surface area contributed by atoms with Crippen LogP contribution in [0.1, 0.15) is 45.7 Å². The number of fused-ring (bicyclic) bond motifs is 1. The van der Waals surface area contributed by atoms with E-state index >= 15 is 0 Å².